The number of carbonyl (C=O) groups excluding carboxylic acids is 2. The number of likely N-dealkylation sites (tertiary alicyclic amines) is 1. The molecule has 4 atom stereocenters. The van der Waals surface area contributed by atoms with E-state index in [0.29, 0.717) is 6.42 Å². The molecule has 5 rings (SSSR count). The van der Waals surface area contributed by atoms with E-state index < -0.39 is 23.7 Å². The van der Waals surface area contributed by atoms with E-state index in [9.17, 15) is 14.9 Å². The molecule has 0 spiro atoms. The van der Waals surface area contributed by atoms with Crippen LogP contribution in [0.5, 0.6) is 0 Å². The van der Waals surface area contributed by atoms with E-state index in [1.54, 1.807) is 4.90 Å². The number of amides is 1. The van der Waals surface area contributed by atoms with Crippen LogP contribution in [0.3, 0.4) is 0 Å². The molecule has 0 radical (unpaired) electrons. The average Bonchev–Trinajstić information content (AvgIpc) is 3.44. The number of hydrogen-bond donors (Lipinski definition) is 0. The molecule has 1 saturated carbocycles. The molecule has 1 amide bonds. The molecule has 1 saturated heterocycles. The number of piperidine rings is 1. The van der Waals surface area contributed by atoms with Crippen molar-refractivity contribution in [2.75, 3.05) is 0 Å². The number of rotatable bonds is 5. The lowest BCUT2D eigenvalue weighted by molar-refractivity contribution is -0.126. The number of para-hydroxylation sites is 1. The Hall–Kier alpha value is -3.46. The number of nitrogens with zero attached hydrogens (tertiary/aromatic N) is 3. The summed E-state index contributed by atoms with van der Waals surface area (Å²) < 4.78 is 5.62. The normalized spacial score (nSPS) is 22.3. The Labute approximate surface area is 205 Å². The van der Waals surface area contributed by atoms with Gasteiger partial charge in [0.1, 0.15) is 5.60 Å². The lowest BCUT2D eigenvalue weighted by Gasteiger charge is -2.35. The van der Waals surface area contributed by atoms with Crippen molar-refractivity contribution in [3.63, 3.8) is 0 Å². The van der Waals surface area contributed by atoms with Crippen LogP contribution < -0.4 is 0 Å². The van der Waals surface area contributed by atoms with E-state index in [1.807, 2.05) is 51.2 Å². The minimum absolute atomic E-state index is 0.0249. The molecule has 3 aromatic rings. The van der Waals surface area contributed by atoms with Crippen molar-refractivity contribution in [2.45, 2.75) is 70.6 Å². The summed E-state index contributed by atoms with van der Waals surface area (Å²) in [7, 11) is 0. The Bertz CT molecular complexity index is 1340. The smallest absolute Gasteiger partial charge is 0.411 e. The number of ketones is 1. The number of pyridine rings is 1. The number of aromatic nitrogens is 1. The minimum atomic E-state index is -0.613. The largest absolute Gasteiger partial charge is 0.444 e. The van der Waals surface area contributed by atoms with Crippen LogP contribution in [-0.2, 0) is 16.0 Å². The van der Waals surface area contributed by atoms with E-state index in [-0.39, 0.29) is 24.2 Å². The van der Waals surface area contributed by atoms with Gasteiger partial charge in [-0.15, -0.1) is 0 Å². The molecule has 2 heterocycles. The fraction of sp³-hybridized carbons (Fsp3) is 0.448. The lowest BCUT2D eigenvalue weighted by Crippen LogP contribution is -2.51. The maximum atomic E-state index is 13.4. The van der Waals surface area contributed by atoms with Gasteiger partial charge >= 0.3 is 6.09 Å². The second-order valence-corrected chi connectivity index (χ2v) is 11.0. The monoisotopic (exact) mass is 469 g/mol. The highest BCUT2D eigenvalue weighted by molar-refractivity contribution is 6.05. The van der Waals surface area contributed by atoms with Gasteiger partial charge in [0.15, 0.2) is 5.78 Å². The first kappa shape index (κ1) is 23.3. The van der Waals surface area contributed by atoms with Crippen molar-refractivity contribution in [1.82, 2.24) is 9.88 Å². The molecule has 35 heavy (non-hydrogen) atoms. The number of hydrogen-bond acceptors (Lipinski definition) is 5. The molecule has 2 aromatic carbocycles. The van der Waals surface area contributed by atoms with Crippen LogP contribution >= 0.6 is 0 Å². The summed E-state index contributed by atoms with van der Waals surface area (Å²) in [6, 6.07) is 16.1. The van der Waals surface area contributed by atoms with Gasteiger partial charge in [0.05, 0.1) is 23.5 Å². The molecule has 1 aromatic heterocycles. The number of nitriles is 1. The summed E-state index contributed by atoms with van der Waals surface area (Å²) in [5, 5.41) is 13.1. The molecule has 0 N–H and O–H groups in total. The zero-order valence-electron chi connectivity index (χ0n) is 20.5. The third kappa shape index (κ3) is 4.60. The van der Waals surface area contributed by atoms with Crippen LogP contribution in [0.15, 0.2) is 48.7 Å². The van der Waals surface area contributed by atoms with Crippen molar-refractivity contribution >= 4 is 33.6 Å². The molecule has 1 unspecified atom stereocenters. The highest BCUT2D eigenvalue weighted by Crippen LogP contribution is 2.44. The molecule has 6 nitrogen and oxygen atoms in total. The van der Waals surface area contributed by atoms with Crippen LogP contribution in [-0.4, -0.2) is 39.4 Å². The van der Waals surface area contributed by atoms with Crippen LogP contribution in [0, 0.1) is 23.2 Å². The van der Waals surface area contributed by atoms with Crippen molar-refractivity contribution in [3.8, 4) is 6.07 Å². The van der Waals surface area contributed by atoms with Gasteiger partial charge in [-0.2, -0.15) is 5.26 Å². The van der Waals surface area contributed by atoms with Crippen molar-refractivity contribution in [3.05, 3.63) is 54.2 Å². The number of ether oxygens (including phenoxy) is 1. The van der Waals surface area contributed by atoms with E-state index in [1.165, 1.54) is 0 Å². The molecule has 1 aliphatic heterocycles. The van der Waals surface area contributed by atoms with Gasteiger partial charge < -0.3 is 4.74 Å². The van der Waals surface area contributed by atoms with Crippen LogP contribution in [0.25, 0.3) is 21.7 Å². The fourth-order valence-electron chi connectivity index (χ4n) is 5.84. The molecule has 6 heteroatoms. The average molecular weight is 470 g/mol. The maximum absolute atomic E-state index is 13.4. The number of fused-ring (bicyclic) bond motifs is 5. The van der Waals surface area contributed by atoms with Crippen LogP contribution in [0.2, 0.25) is 0 Å². The van der Waals surface area contributed by atoms with E-state index in [0.717, 1.165) is 46.5 Å². The summed E-state index contributed by atoms with van der Waals surface area (Å²) in [5.41, 5.74) is 1.34. The first-order chi connectivity index (χ1) is 16.7. The number of carbonyl (C=O) groups is 2. The van der Waals surface area contributed by atoms with Crippen molar-refractivity contribution < 1.29 is 14.3 Å². The van der Waals surface area contributed by atoms with E-state index in [4.69, 9.17) is 4.74 Å². The molecular weight excluding hydrogens is 438 g/mol. The van der Waals surface area contributed by atoms with Gasteiger partial charge in [0.2, 0.25) is 0 Å². The van der Waals surface area contributed by atoms with Gasteiger partial charge in [-0.1, -0.05) is 30.3 Å². The van der Waals surface area contributed by atoms with E-state index >= 15 is 0 Å². The molecule has 1 aliphatic carbocycles. The number of Topliss-reactive ketones (excluding diaryl/α,β-unsaturated/α-hetero) is 1. The van der Waals surface area contributed by atoms with E-state index in [2.05, 4.69) is 29.3 Å². The second-order valence-electron chi connectivity index (χ2n) is 11.0. The predicted octanol–water partition coefficient (Wildman–Crippen LogP) is 5.82. The molecular formula is C29H31N3O3. The first-order valence-corrected chi connectivity index (χ1v) is 12.4. The summed E-state index contributed by atoms with van der Waals surface area (Å²) >= 11 is 0. The van der Waals surface area contributed by atoms with Crippen LogP contribution in [0.1, 0.15) is 52.0 Å². The highest BCUT2D eigenvalue weighted by atomic mass is 16.6. The van der Waals surface area contributed by atoms with Gasteiger partial charge in [-0.25, -0.2) is 4.79 Å². The lowest BCUT2D eigenvalue weighted by atomic mass is 9.87. The van der Waals surface area contributed by atoms with Gasteiger partial charge in [-0.3, -0.25) is 14.7 Å². The van der Waals surface area contributed by atoms with Crippen molar-refractivity contribution in [1.29, 1.82) is 5.26 Å². The number of benzene rings is 2. The first-order valence-electron chi connectivity index (χ1n) is 12.4. The van der Waals surface area contributed by atoms with Crippen LogP contribution in [0.4, 0.5) is 4.79 Å². The maximum Gasteiger partial charge on any atom is 0.411 e. The SMILES string of the molecule is CC(C)(C)OC(=O)N1[C@@H]2CC[C@@H](C2)[C@H]1C(=O)CC(C#N)Cc1ccc2c(cnc3ccccc32)c1. The molecule has 2 aliphatic rings. The van der Waals surface area contributed by atoms with Gasteiger partial charge in [0, 0.05) is 29.4 Å². The van der Waals surface area contributed by atoms with Gasteiger partial charge in [-0.05, 0) is 75.5 Å². The Morgan fingerprint density at radius 2 is 1.97 bits per heavy atom. The minimum Gasteiger partial charge on any atom is -0.444 e. The highest BCUT2D eigenvalue weighted by Gasteiger charge is 2.52. The topological polar surface area (TPSA) is 83.3 Å². The Balaban J connectivity index is 1.32. The third-order valence-electron chi connectivity index (χ3n) is 7.28. The fourth-order valence-corrected chi connectivity index (χ4v) is 5.84. The summed E-state index contributed by atoms with van der Waals surface area (Å²) in [6.45, 7) is 5.51. The molecule has 2 bridgehead atoms. The Morgan fingerprint density at radius 3 is 2.74 bits per heavy atom. The summed E-state index contributed by atoms with van der Waals surface area (Å²) in [4.78, 5) is 32.6. The zero-order chi connectivity index (χ0) is 24.7. The van der Waals surface area contributed by atoms with Gasteiger partial charge in [0.25, 0.3) is 0 Å². The quantitative estimate of drug-likeness (QED) is 0.440. The summed E-state index contributed by atoms with van der Waals surface area (Å²) in [5.74, 6) is -0.310. The molecule has 180 valence electrons. The standard InChI is InChI=1S/C29H31N3O3/c1-29(2,3)35-28(34)32-22-10-9-20(15-22)27(32)26(33)14-19(16-30)12-18-8-11-23-21(13-18)17-31-25-7-5-4-6-24(23)25/h4-8,11,13,17,19-20,22,27H,9-10,12,14-15H2,1-3H3/t19?,20-,22+,27-/m0/s1. The van der Waals surface area contributed by atoms with Crippen molar-refractivity contribution in [2.24, 2.45) is 11.8 Å². The zero-order valence-corrected chi connectivity index (χ0v) is 20.5. The predicted molar refractivity (Wildman–Crippen MR) is 135 cm³/mol. The molecule has 2 fully saturated rings. The summed E-state index contributed by atoms with van der Waals surface area (Å²) in [6.07, 6.45) is 4.78. The Kier molecular flexibility index (Phi) is 5.96. The Morgan fingerprint density at radius 1 is 1.17 bits per heavy atom. The second kappa shape index (κ2) is 8.96. The third-order valence-corrected chi connectivity index (χ3v) is 7.28.